The summed E-state index contributed by atoms with van der Waals surface area (Å²) in [5.74, 6) is -1.11. The molecule has 1 N–H and O–H groups in total. The van der Waals surface area contributed by atoms with Crippen molar-refractivity contribution in [1.82, 2.24) is 5.32 Å². The van der Waals surface area contributed by atoms with E-state index in [-0.39, 0.29) is 0 Å². The third-order valence-electron chi connectivity index (χ3n) is 4.24. The Morgan fingerprint density at radius 2 is 1.92 bits per heavy atom. The SMILES string of the molecule is O=C(NCCc1ccc(Cl)cc1Cl)C(=O)N1CCCc2ccccc21. The minimum atomic E-state index is -0.596. The molecule has 3 rings (SSSR count). The molecule has 0 aromatic heterocycles. The summed E-state index contributed by atoms with van der Waals surface area (Å²) in [5.41, 5.74) is 2.81. The van der Waals surface area contributed by atoms with Crippen LogP contribution in [0.15, 0.2) is 42.5 Å². The molecule has 0 saturated carbocycles. The van der Waals surface area contributed by atoms with Gasteiger partial charge in [-0.1, -0.05) is 47.5 Å². The Kier molecular flexibility index (Phi) is 5.61. The van der Waals surface area contributed by atoms with Gasteiger partial charge in [0.05, 0.1) is 0 Å². The number of rotatable bonds is 3. The normalized spacial score (nSPS) is 13.3. The summed E-state index contributed by atoms with van der Waals surface area (Å²) in [4.78, 5) is 26.3. The number of nitrogens with zero attached hydrogens (tertiary/aromatic N) is 1. The largest absolute Gasteiger partial charge is 0.347 e. The summed E-state index contributed by atoms with van der Waals surface area (Å²) in [6, 6.07) is 12.9. The van der Waals surface area contributed by atoms with Gasteiger partial charge in [-0.15, -0.1) is 0 Å². The van der Waals surface area contributed by atoms with Crippen molar-refractivity contribution in [3.8, 4) is 0 Å². The fourth-order valence-corrected chi connectivity index (χ4v) is 3.48. The van der Waals surface area contributed by atoms with Crippen molar-refractivity contribution in [2.24, 2.45) is 0 Å². The zero-order chi connectivity index (χ0) is 17.8. The molecule has 2 aromatic carbocycles. The number of anilines is 1. The number of amides is 2. The Morgan fingerprint density at radius 3 is 2.72 bits per heavy atom. The van der Waals surface area contributed by atoms with Crippen molar-refractivity contribution < 1.29 is 9.59 Å². The first-order chi connectivity index (χ1) is 12.1. The van der Waals surface area contributed by atoms with Crippen molar-refractivity contribution in [2.45, 2.75) is 19.3 Å². The monoisotopic (exact) mass is 376 g/mol. The third kappa shape index (κ3) is 4.14. The van der Waals surface area contributed by atoms with Gasteiger partial charge >= 0.3 is 11.8 Å². The number of carbonyl (C=O) groups is 2. The van der Waals surface area contributed by atoms with Crippen molar-refractivity contribution in [2.75, 3.05) is 18.0 Å². The predicted molar refractivity (Wildman–Crippen MR) is 100 cm³/mol. The zero-order valence-electron chi connectivity index (χ0n) is 13.6. The van der Waals surface area contributed by atoms with Crippen LogP contribution in [0, 0.1) is 0 Å². The van der Waals surface area contributed by atoms with Crippen LogP contribution in [-0.4, -0.2) is 24.9 Å². The maximum atomic E-state index is 12.5. The third-order valence-corrected chi connectivity index (χ3v) is 4.83. The topological polar surface area (TPSA) is 49.4 Å². The molecule has 2 aromatic rings. The number of carbonyl (C=O) groups excluding carboxylic acids is 2. The summed E-state index contributed by atoms with van der Waals surface area (Å²) in [6.07, 6.45) is 2.32. The molecular formula is C19H18Cl2N2O2. The van der Waals surface area contributed by atoms with Crippen molar-refractivity contribution >= 4 is 40.7 Å². The highest BCUT2D eigenvalue weighted by Gasteiger charge is 2.26. The van der Waals surface area contributed by atoms with E-state index in [1.807, 2.05) is 30.3 Å². The molecule has 2 amide bonds. The second-order valence-corrected chi connectivity index (χ2v) is 6.77. The van der Waals surface area contributed by atoms with Crippen LogP contribution in [0.1, 0.15) is 17.5 Å². The van der Waals surface area contributed by atoms with Gasteiger partial charge in [0, 0.05) is 28.8 Å². The maximum Gasteiger partial charge on any atom is 0.316 e. The second-order valence-electron chi connectivity index (χ2n) is 5.93. The van der Waals surface area contributed by atoms with Gasteiger partial charge in [0.2, 0.25) is 0 Å². The van der Waals surface area contributed by atoms with Crippen molar-refractivity contribution in [3.63, 3.8) is 0 Å². The number of nitrogens with one attached hydrogen (secondary N) is 1. The molecule has 6 heteroatoms. The van der Waals surface area contributed by atoms with Gasteiger partial charge in [-0.05, 0) is 48.6 Å². The van der Waals surface area contributed by atoms with Crippen LogP contribution in [0.25, 0.3) is 0 Å². The standard InChI is InChI=1S/C19H18Cl2N2O2/c20-15-8-7-13(16(21)12-15)9-10-22-18(24)19(25)23-11-3-5-14-4-1-2-6-17(14)23/h1-2,4,6-8,12H,3,5,9-11H2,(H,22,24). The van der Waals surface area contributed by atoms with Gasteiger partial charge in [0.15, 0.2) is 0 Å². The number of fused-ring (bicyclic) bond motifs is 1. The van der Waals surface area contributed by atoms with Gasteiger partial charge in [-0.3, -0.25) is 9.59 Å². The lowest BCUT2D eigenvalue weighted by Gasteiger charge is -2.28. The Hall–Kier alpha value is -2.04. The van der Waals surface area contributed by atoms with Crippen LogP contribution in [-0.2, 0) is 22.4 Å². The average Bonchev–Trinajstić information content (AvgIpc) is 2.62. The molecule has 4 nitrogen and oxygen atoms in total. The number of hydrogen-bond donors (Lipinski definition) is 1. The minimum absolute atomic E-state index is 0.335. The molecule has 1 heterocycles. The predicted octanol–water partition coefficient (Wildman–Crippen LogP) is 3.63. The Bertz CT molecular complexity index is 808. The van der Waals surface area contributed by atoms with E-state index in [0.29, 0.717) is 29.6 Å². The molecule has 1 aliphatic rings. The van der Waals surface area contributed by atoms with Gasteiger partial charge < -0.3 is 10.2 Å². The van der Waals surface area contributed by atoms with E-state index >= 15 is 0 Å². The summed E-state index contributed by atoms with van der Waals surface area (Å²) < 4.78 is 0. The van der Waals surface area contributed by atoms with E-state index in [1.165, 1.54) is 0 Å². The first-order valence-electron chi connectivity index (χ1n) is 8.18. The van der Waals surface area contributed by atoms with Gasteiger partial charge in [-0.25, -0.2) is 0 Å². The number of aryl methyl sites for hydroxylation is 1. The first kappa shape index (κ1) is 17.8. The summed E-state index contributed by atoms with van der Waals surface area (Å²) in [5, 5.41) is 3.80. The number of halogens is 2. The smallest absolute Gasteiger partial charge is 0.316 e. The highest BCUT2D eigenvalue weighted by Crippen LogP contribution is 2.26. The van der Waals surface area contributed by atoms with E-state index in [2.05, 4.69) is 5.32 Å². The summed E-state index contributed by atoms with van der Waals surface area (Å²) in [7, 11) is 0. The van der Waals surface area contributed by atoms with Crippen LogP contribution >= 0.6 is 23.2 Å². The summed E-state index contributed by atoms with van der Waals surface area (Å²) >= 11 is 12.0. The Labute approximate surface area is 156 Å². The van der Waals surface area contributed by atoms with Gasteiger partial charge in [-0.2, -0.15) is 0 Å². The van der Waals surface area contributed by atoms with Crippen LogP contribution in [0.3, 0.4) is 0 Å². The molecule has 0 saturated heterocycles. The molecule has 130 valence electrons. The molecule has 25 heavy (non-hydrogen) atoms. The Balaban J connectivity index is 1.59. The highest BCUT2D eigenvalue weighted by molar-refractivity contribution is 6.40. The van der Waals surface area contributed by atoms with Crippen LogP contribution in [0.4, 0.5) is 5.69 Å². The van der Waals surface area contributed by atoms with E-state index in [1.54, 1.807) is 17.0 Å². The van der Waals surface area contributed by atoms with E-state index in [4.69, 9.17) is 23.2 Å². The molecule has 0 fully saturated rings. The van der Waals surface area contributed by atoms with Crippen molar-refractivity contribution in [1.29, 1.82) is 0 Å². The molecular weight excluding hydrogens is 359 g/mol. The molecule has 1 aliphatic heterocycles. The lowest BCUT2D eigenvalue weighted by atomic mass is 10.0. The Morgan fingerprint density at radius 1 is 1.12 bits per heavy atom. The lowest BCUT2D eigenvalue weighted by molar-refractivity contribution is -0.137. The van der Waals surface area contributed by atoms with E-state index in [0.717, 1.165) is 29.7 Å². The van der Waals surface area contributed by atoms with E-state index in [9.17, 15) is 9.59 Å². The fraction of sp³-hybridized carbons (Fsp3) is 0.263. The van der Waals surface area contributed by atoms with Crippen molar-refractivity contribution in [3.05, 3.63) is 63.6 Å². The zero-order valence-corrected chi connectivity index (χ0v) is 15.1. The number of hydrogen-bond acceptors (Lipinski definition) is 2. The highest BCUT2D eigenvalue weighted by atomic mass is 35.5. The fourth-order valence-electron chi connectivity index (χ4n) is 2.98. The van der Waals surface area contributed by atoms with E-state index < -0.39 is 11.8 Å². The van der Waals surface area contributed by atoms with Gasteiger partial charge in [0.1, 0.15) is 0 Å². The molecule has 0 atom stereocenters. The quantitative estimate of drug-likeness (QED) is 0.831. The number of para-hydroxylation sites is 1. The van der Waals surface area contributed by atoms with Crippen LogP contribution in [0.2, 0.25) is 10.0 Å². The molecule has 0 bridgehead atoms. The lowest BCUT2D eigenvalue weighted by Crippen LogP contribution is -2.45. The minimum Gasteiger partial charge on any atom is -0.347 e. The first-order valence-corrected chi connectivity index (χ1v) is 8.93. The number of benzene rings is 2. The second kappa shape index (κ2) is 7.89. The molecule has 0 unspecified atom stereocenters. The molecule has 0 spiro atoms. The van der Waals surface area contributed by atoms with Crippen LogP contribution in [0.5, 0.6) is 0 Å². The van der Waals surface area contributed by atoms with Crippen LogP contribution < -0.4 is 10.2 Å². The molecule has 0 radical (unpaired) electrons. The molecule has 0 aliphatic carbocycles. The van der Waals surface area contributed by atoms with Gasteiger partial charge in [0.25, 0.3) is 0 Å². The average molecular weight is 377 g/mol. The summed E-state index contributed by atoms with van der Waals surface area (Å²) in [6.45, 7) is 0.897. The maximum absolute atomic E-state index is 12.5.